The average molecular weight is 112 g/mol. The Morgan fingerprint density at radius 3 is 2.50 bits per heavy atom. The highest BCUT2D eigenvalue weighted by Gasteiger charge is 1.92. The first-order valence-electron chi connectivity index (χ1n) is 1.14. The van der Waals surface area contributed by atoms with Gasteiger partial charge in [0.15, 0.2) is 0 Å². The van der Waals surface area contributed by atoms with Crippen LogP contribution >= 0.6 is 11.6 Å². The molecule has 0 saturated carbocycles. The summed E-state index contributed by atoms with van der Waals surface area (Å²) in [6.07, 6.45) is 0. The van der Waals surface area contributed by atoms with Crippen molar-refractivity contribution in [2.45, 2.75) is 5.82 Å². The van der Waals surface area contributed by atoms with E-state index in [4.69, 9.17) is 4.79 Å². The van der Waals surface area contributed by atoms with Crippen molar-refractivity contribution >= 4 is 18.1 Å². The van der Waals surface area contributed by atoms with Gasteiger partial charge in [0.05, 0.1) is 0 Å². The minimum absolute atomic E-state index is 0.0579. The van der Waals surface area contributed by atoms with Crippen molar-refractivity contribution in [1.29, 1.82) is 0 Å². The molecule has 0 spiro atoms. The van der Waals surface area contributed by atoms with Gasteiger partial charge >= 0.3 is 5.82 Å². The van der Waals surface area contributed by atoms with Crippen LogP contribution in [0.5, 0.6) is 0 Å². The Morgan fingerprint density at radius 1 is 2.00 bits per heavy atom. The van der Waals surface area contributed by atoms with Crippen molar-refractivity contribution in [2.24, 2.45) is 0 Å². The Bertz CT molecular complexity index is 46.8. The average Bonchev–Trinajstić information content (AvgIpc) is 1.35. The summed E-state index contributed by atoms with van der Waals surface area (Å²) < 4.78 is 14.5. The second kappa shape index (κ2) is 2.90. The SMILES string of the molecule is O=COC(F)Cl. The Labute approximate surface area is 38.8 Å². The van der Waals surface area contributed by atoms with Crippen molar-refractivity contribution in [3.63, 3.8) is 0 Å². The van der Waals surface area contributed by atoms with Crippen LogP contribution in [0.25, 0.3) is 0 Å². The zero-order valence-electron chi connectivity index (χ0n) is 2.73. The predicted molar refractivity (Wildman–Crippen MR) is 17.9 cm³/mol. The van der Waals surface area contributed by atoms with Crippen molar-refractivity contribution in [2.75, 3.05) is 0 Å². The fourth-order valence-corrected chi connectivity index (χ4v) is 0.0840. The molecule has 2 nitrogen and oxygen atoms in total. The highest BCUT2D eigenvalue weighted by Crippen LogP contribution is 1.93. The maximum Gasteiger partial charge on any atom is 0.318 e. The van der Waals surface area contributed by atoms with Crippen molar-refractivity contribution in [1.82, 2.24) is 0 Å². The molecule has 0 heterocycles. The number of carbonyl (C=O) groups excluding carboxylic acids is 1. The zero-order valence-corrected chi connectivity index (χ0v) is 3.48. The normalized spacial score (nSPS) is 13.0. The molecule has 1 unspecified atom stereocenters. The van der Waals surface area contributed by atoms with Gasteiger partial charge in [0.1, 0.15) is 0 Å². The highest BCUT2D eigenvalue weighted by atomic mass is 35.5. The molecule has 0 aromatic carbocycles. The van der Waals surface area contributed by atoms with E-state index in [9.17, 15) is 4.39 Å². The van der Waals surface area contributed by atoms with Crippen LogP contribution in [0.3, 0.4) is 0 Å². The zero-order chi connectivity index (χ0) is 4.99. The molecule has 0 fully saturated rings. The van der Waals surface area contributed by atoms with E-state index in [2.05, 4.69) is 16.3 Å². The lowest BCUT2D eigenvalue weighted by atomic mass is 11.4. The molecular weight excluding hydrogens is 110 g/mol. The van der Waals surface area contributed by atoms with Gasteiger partial charge in [-0.1, -0.05) is 0 Å². The summed E-state index contributed by atoms with van der Waals surface area (Å²) in [5.41, 5.74) is 0. The number of ether oxygens (including phenoxy) is 1. The van der Waals surface area contributed by atoms with E-state index in [0.29, 0.717) is 0 Å². The van der Waals surface area contributed by atoms with E-state index in [1.54, 1.807) is 0 Å². The number of halogens is 2. The molecule has 6 heavy (non-hydrogen) atoms. The summed E-state index contributed by atoms with van der Waals surface area (Å²) in [5, 5.41) is 0. The molecule has 0 rings (SSSR count). The van der Waals surface area contributed by atoms with Crippen LogP contribution in [0.1, 0.15) is 0 Å². The molecule has 0 radical (unpaired) electrons. The van der Waals surface area contributed by atoms with Crippen LogP contribution < -0.4 is 0 Å². The first kappa shape index (κ1) is 5.69. The van der Waals surface area contributed by atoms with E-state index in [1.807, 2.05) is 0 Å². The van der Waals surface area contributed by atoms with Crippen LogP contribution in [-0.4, -0.2) is 12.3 Å². The topological polar surface area (TPSA) is 26.3 Å². The summed E-state index contributed by atoms with van der Waals surface area (Å²) >= 11 is 4.46. The van der Waals surface area contributed by atoms with Gasteiger partial charge < -0.3 is 4.74 Å². The number of alkyl halides is 2. The minimum Gasteiger partial charge on any atom is -0.419 e. The quantitative estimate of drug-likeness (QED) is 0.387. The van der Waals surface area contributed by atoms with Crippen LogP contribution in [0.4, 0.5) is 4.39 Å². The van der Waals surface area contributed by atoms with Gasteiger partial charge in [-0.05, 0) is 11.6 Å². The van der Waals surface area contributed by atoms with Crippen molar-refractivity contribution in [3.05, 3.63) is 0 Å². The summed E-state index contributed by atoms with van der Waals surface area (Å²) in [7, 11) is 0. The van der Waals surface area contributed by atoms with Gasteiger partial charge in [-0.25, -0.2) is 0 Å². The van der Waals surface area contributed by atoms with Crippen molar-refractivity contribution < 1.29 is 13.9 Å². The number of carbonyl (C=O) groups is 1. The molecule has 0 aromatic heterocycles. The van der Waals surface area contributed by atoms with E-state index in [-0.39, 0.29) is 6.47 Å². The van der Waals surface area contributed by atoms with E-state index >= 15 is 0 Å². The Balaban J connectivity index is 2.81. The monoisotopic (exact) mass is 112 g/mol. The standard InChI is InChI=1S/C2H2ClFO2/c3-2(4)6-1-5/h1-2H. The predicted octanol–water partition coefficient (Wildman–Crippen LogP) is 0.651. The van der Waals surface area contributed by atoms with Gasteiger partial charge in [0.25, 0.3) is 6.47 Å². The van der Waals surface area contributed by atoms with E-state index in [0.717, 1.165) is 0 Å². The molecule has 1 atom stereocenters. The lowest BCUT2D eigenvalue weighted by molar-refractivity contribution is -0.135. The number of hydrogen-bond donors (Lipinski definition) is 0. The van der Waals surface area contributed by atoms with Crippen LogP contribution in [0.15, 0.2) is 0 Å². The molecule has 36 valence electrons. The first-order valence-corrected chi connectivity index (χ1v) is 1.58. The lowest BCUT2D eigenvalue weighted by Crippen LogP contribution is -1.92. The van der Waals surface area contributed by atoms with Gasteiger partial charge in [-0.15, -0.1) is 0 Å². The fraction of sp³-hybridized carbons (Fsp3) is 0.500. The molecule has 0 N–H and O–H groups in total. The summed E-state index contributed by atoms with van der Waals surface area (Å²) in [4.78, 5) is 9.07. The molecule has 0 aromatic rings. The fourth-order valence-electron chi connectivity index (χ4n) is 0.0420. The lowest BCUT2D eigenvalue weighted by Gasteiger charge is -1.88. The van der Waals surface area contributed by atoms with E-state index in [1.165, 1.54) is 0 Å². The van der Waals surface area contributed by atoms with Gasteiger partial charge in [0.2, 0.25) is 0 Å². The van der Waals surface area contributed by atoms with Crippen molar-refractivity contribution in [3.8, 4) is 0 Å². The summed E-state index contributed by atoms with van der Waals surface area (Å²) in [6.45, 7) is -0.0579. The second-order valence-corrected chi connectivity index (χ2v) is 0.836. The summed E-state index contributed by atoms with van der Waals surface area (Å²) in [6, 6.07) is 0. The van der Waals surface area contributed by atoms with Crippen LogP contribution in [0, 0.1) is 0 Å². The molecule has 0 bridgehead atoms. The van der Waals surface area contributed by atoms with Gasteiger partial charge in [-0.3, -0.25) is 4.79 Å². The third kappa shape index (κ3) is 3.69. The molecule has 0 saturated heterocycles. The Hall–Kier alpha value is -0.310. The maximum atomic E-state index is 11.0. The Morgan fingerprint density at radius 2 is 2.50 bits per heavy atom. The second-order valence-electron chi connectivity index (χ2n) is 0.493. The molecule has 0 aliphatic heterocycles. The molecule has 4 heteroatoms. The molecule has 0 aliphatic carbocycles. The summed E-state index contributed by atoms with van der Waals surface area (Å²) in [5.74, 6) is -2.00. The first-order chi connectivity index (χ1) is 2.77. The largest absolute Gasteiger partial charge is 0.419 e. The third-order valence-electron chi connectivity index (χ3n) is 0.158. The van der Waals surface area contributed by atoms with Gasteiger partial charge in [0, 0.05) is 0 Å². The third-order valence-corrected chi connectivity index (χ3v) is 0.261. The van der Waals surface area contributed by atoms with E-state index < -0.39 is 5.82 Å². The Kier molecular flexibility index (Phi) is 2.75. The molecule has 0 amide bonds. The highest BCUT2D eigenvalue weighted by molar-refractivity contribution is 6.18. The molecule has 0 aliphatic rings. The smallest absolute Gasteiger partial charge is 0.318 e. The minimum atomic E-state index is -2.00. The number of rotatable bonds is 2. The van der Waals surface area contributed by atoms with Crippen LogP contribution in [-0.2, 0) is 9.53 Å². The van der Waals surface area contributed by atoms with Gasteiger partial charge in [-0.2, -0.15) is 4.39 Å². The maximum absolute atomic E-state index is 11.0. The molecular formula is C2H2ClFO2. The number of hydrogen-bond acceptors (Lipinski definition) is 2. The van der Waals surface area contributed by atoms with Crippen LogP contribution in [0.2, 0.25) is 0 Å².